The van der Waals surface area contributed by atoms with Gasteiger partial charge in [-0.1, -0.05) is 213 Å². The molecule has 384 valence electrons. The third kappa shape index (κ3) is 52.8. The fourth-order valence-electron chi connectivity index (χ4n) is 7.11. The fourth-order valence-corrected chi connectivity index (χ4v) is 7.11. The number of carbonyl (C=O) groups is 3. The van der Waals surface area contributed by atoms with E-state index in [4.69, 9.17) is 14.2 Å². The summed E-state index contributed by atoms with van der Waals surface area (Å²) in [5.41, 5.74) is 0. The van der Waals surface area contributed by atoms with Crippen molar-refractivity contribution < 1.29 is 28.6 Å². The highest BCUT2D eigenvalue weighted by atomic mass is 16.6. The summed E-state index contributed by atoms with van der Waals surface area (Å²) >= 11 is 0. The van der Waals surface area contributed by atoms with Crippen LogP contribution in [-0.2, 0) is 28.6 Å². The van der Waals surface area contributed by atoms with E-state index in [0.29, 0.717) is 12.8 Å². The maximum absolute atomic E-state index is 12.8. The Morgan fingerprint density at radius 2 is 0.574 bits per heavy atom. The number of unbranched alkanes of at least 4 members (excludes halogenated alkanes) is 17. The second-order valence-corrected chi connectivity index (χ2v) is 17.7. The van der Waals surface area contributed by atoms with Crippen LogP contribution in [0.5, 0.6) is 0 Å². The lowest BCUT2D eigenvalue weighted by atomic mass is 10.1. The van der Waals surface area contributed by atoms with Crippen molar-refractivity contribution in [1.82, 2.24) is 0 Å². The van der Waals surface area contributed by atoms with Gasteiger partial charge < -0.3 is 14.2 Å². The first-order chi connectivity index (χ1) is 33.5. The topological polar surface area (TPSA) is 78.9 Å². The van der Waals surface area contributed by atoms with Crippen molar-refractivity contribution in [2.75, 3.05) is 13.2 Å². The van der Waals surface area contributed by atoms with Crippen molar-refractivity contribution in [1.29, 1.82) is 0 Å². The van der Waals surface area contributed by atoms with Gasteiger partial charge in [-0.25, -0.2) is 0 Å². The van der Waals surface area contributed by atoms with Gasteiger partial charge in [0, 0.05) is 19.3 Å². The first-order valence-corrected chi connectivity index (χ1v) is 27.5. The molecule has 0 aromatic carbocycles. The van der Waals surface area contributed by atoms with E-state index in [1.165, 1.54) is 44.9 Å². The molecule has 0 bridgehead atoms. The summed E-state index contributed by atoms with van der Waals surface area (Å²) in [4.78, 5) is 38.0. The van der Waals surface area contributed by atoms with Crippen LogP contribution in [0.15, 0.2) is 122 Å². The summed E-state index contributed by atoms with van der Waals surface area (Å²) in [7, 11) is 0. The summed E-state index contributed by atoms with van der Waals surface area (Å²) in [5.74, 6) is -0.957. The molecule has 0 aromatic heterocycles. The molecule has 0 radical (unpaired) electrons. The second-order valence-electron chi connectivity index (χ2n) is 17.7. The predicted molar refractivity (Wildman–Crippen MR) is 293 cm³/mol. The van der Waals surface area contributed by atoms with Crippen LogP contribution in [0.2, 0.25) is 0 Å². The highest BCUT2D eigenvalue weighted by molar-refractivity contribution is 5.71. The molecule has 1 unspecified atom stereocenters. The molecule has 0 aromatic rings. The van der Waals surface area contributed by atoms with Crippen molar-refractivity contribution in [2.24, 2.45) is 0 Å². The number of ether oxygens (including phenoxy) is 3. The van der Waals surface area contributed by atoms with Crippen LogP contribution >= 0.6 is 0 Å². The van der Waals surface area contributed by atoms with Gasteiger partial charge in [0.1, 0.15) is 13.2 Å². The van der Waals surface area contributed by atoms with E-state index in [9.17, 15) is 14.4 Å². The number of carbonyl (C=O) groups excluding carboxylic acids is 3. The lowest BCUT2D eigenvalue weighted by molar-refractivity contribution is -0.167. The Hall–Kier alpha value is -4.19. The van der Waals surface area contributed by atoms with Crippen LogP contribution in [0.1, 0.15) is 233 Å². The molecule has 0 fully saturated rings. The minimum Gasteiger partial charge on any atom is -0.462 e. The van der Waals surface area contributed by atoms with Crippen LogP contribution in [-0.4, -0.2) is 37.2 Å². The Morgan fingerprint density at radius 1 is 0.309 bits per heavy atom. The number of hydrogen-bond donors (Lipinski definition) is 0. The number of esters is 3. The zero-order valence-electron chi connectivity index (χ0n) is 43.8. The van der Waals surface area contributed by atoms with Gasteiger partial charge in [-0.15, -0.1) is 0 Å². The van der Waals surface area contributed by atoms with E-state index in [1.807, 2.05) is 0 Å². The maximum Gasteiger partial charge on any atom is 0.306 e. The van der Waals surface area contributed by atoms with Gasteiger partial charge in [0.2, 0.25) is 0 Å². The highest BCUT2D eigenvalue weighted by Crippen LogP contribution is 2.14. The number of hydrogen-bond acceptors (Lipinski definition) is 6. The minimum atomic E-state index is -0.805. The minimum absolute atomic E-state index is 0.102. The molecule has 0 saturated carbocycles. The van der Waals surface area contributed by atoms with Crippen LogP contribution in [0.4, 0.5) is 0 Å². The van der Waals surface area contributed by atoms with E-state index in [2.05, 4.69) is 142 Å². The lowest BCUT2D eigenvalue weighted by Gasteiger charge is -2.18. The predicted octanol–water partition coefficient (Wildman–Crippen LogP) is 18.5. The Bertz CT molecular complexity index is 1450. The van der Waals surface area contributed by atoms with Gasteiger partial charge in [0.05, 0.1) is 0 Å². The quantitative estimate of drug-likeness (QED) is 0.0262. The molecular weight excluding hydrogens is 841 g/mol. The normalized spacial score (nSPS) is 13.0. The van der Waals surface area contributed by atoms with E-state index < -0.39 is 6.10 Å². The molecule has 0 amide bonds. The third-order valence-electron chi connectivity index (χ3n) is 11.2. The standard InChI is InChI=1S/C62H100O6/c1-4-7-10-13-16-19-22-24-26-28-30-31-33-34-36-38-40-43-46-49-52-55-61(64)67-58-59(57-66-60(63)54-51-48-45-42-21-18-15-12-9-6-3)68-62(65)56-53-50-47-44-41-39-37-35-32-29-27-25-23-20-17-14-11-8-5-2/h7-8,10-12,15-17,19-20,24-27,30-32,35,39,41,59H,4-6,9,13-14,18,21-23,28-29,33-34,36-38,40,42-58H2,1-3H3/b10-7-,11-8-,15-12-,19-16-,20-17-,26-24-,27-25-,31-30-,35-32-,41-39-. The van der Waals surface area contributed by atoms with Crippen LogP contribution in [0.3, 0.4) is 0 Å². The first kappa shape index (κ1) is 63.8. The first-order valence-electron chi connectivity index (χ1n) is 27.5. The Morgan fingerprint density at radius 3 is 0.926 bits per heavy atom. The van der Waals surface area contributed by atoms with Crippen molar-refractivity contribution in [3.05, 3.63) is 122 Å². The third-order valence-corrected chi connectivity index (χ3v) is 11.2. The van der Waals surface area contributed by atoms with Crippen molar-refractivity contribution in [3.63, 3.8) is 0 Å². The molecular formula is C62H100O6. The summed E-state index contributed by atoms with van der Waals surface area (Å²) in [5, 5.41) is 0. The van der Waals surface area contributed by atoms with Crippen molar-refractivity contribution >= 4 is 17.9 Å². The molecule has 0 saturated heterocycles. The molecule has 68 heavy (non-hydrogen) atoms. The van der Waals surface area contributed by atoms with Gasteiger partial charge in [0.25, 0.3) is 0 Å². The Balaban J connectivity index is 4.42. The molecule has 6 nitrogen and oxygen atoms in total. The van der Waals surface area contributed by atoms with Crippen molar-refractivity contribution in [2.45, 2.75) is 239 Å². The smallest absolute Gasteiger partial charge is 0.306 e. The summed E-state index contributed by atoms with van der Waals surface area (Å²) in [6.45, 7) is 6.30. The second kappa shape index (κ2) is 55.4. The van der Waals surface area contributed by atoms with Gasteiger partial charge in [-0.3, -0.25) is 14.4 Å². The molecule has 0 rings (SSSR count). The van der Waals surface area contributed by atoms with Crippen molar-refractivity contribution in [3.8, 4) is 0 Å². The average Bonchev–Trinajstić information content (AvgIpc) is 3.34. The summed E-state index contributed by atoms with van der Waals surface area (Å²) in [6, 6.07) is 0. The maximum atomic E-state index is 12.8. The molecule has 0 spiro atoms. The van der Waals surface area contributed by atoms with Gasteiger partial charge >= 0.3 is 17.9 Å². The van der Waals surface area contributed by atoms with Crippen LogP contribution in [0.25, 0.3) is 0 Å². The fraction of sp³-hybridized carbons (Fsp3) is 0.629. The van der Waals surface area contributed by atoms with Gasteiger partial charge in [0.15, 0.2) is 6.10 Å². The zero-order chi connectivity index (χ0) is 49.3. The highest BCUT2D eigenvalue weighted by Gasteiger charge is 2.19. The van der Waals surface area contributed by atoms with E-state index >= 15 is 0 Å². The lowest BCUT2D eigenvalue weighted by Crippen LogP contribution is -2.30. The molecule has 0 aliphatic carbocycles. The molecule has 0 aliphatic rings. The zero-order valence-corrected chi connectivity index (χ0v) is 43.8. The molecule has 6 heteroatoms. The largest absolute Gasteiger partial charge is 0.462 e. The van der Waals surface area contributed by atoms with Crippen LogP contribution < -0.4 is 0 Å². The average molecular weight is 941 g/mol. The van der Waals surface area contributed by atoms with Crippen LogP contribution in [0, 0.1) is 0 Å². The number of allylic oxidation sites excluding steroid dienone is 20. The molecule has 0 heterocycles. The van der Waals surface area contributed by atoms with E-state index in [0.717, 1.165) is 148 Å². The Kier molecular flexibility index (Phi) is 52.0. The summed E-state index contributed by atoms with van der Waals surface area (Å²) < 4.78 is 16.8. The van der Waals surface area contributed by atoms with E-state index in [1.54, 1.807) is 0 Å². The SMILES string of the molecule is CC/C=C\C/C=C\C/C=C\C/C=C\C/C=C\CCCCCC(=O)OC(COC(=O)CCCCCCC/C=C\CCC)COC(=O)CCCCCCCCCC/C=C\C/C=C\C/C=C\C/C=C\CC. The Labute approximate surface area is 418 Å². The molecule has 1 atom stereocenters. The van der Waals surface area contributed by atoms with E-state index in [-0.39, 0.29) is 37.5 Å². The number of rotatable bonds is 48. The molecule has 0 aliphatic heterocycles. The van der Waals surface area contributed by atoms with Gasteiger partial charge in [-0.2, -0.15) is 0 Å². The molecule has 0 N–H and O–H groups in total. The van der Waals surface area contributed by atoms with Gasteiger partial charge in [-0.05, 0) is 122 Å². The summed E-state index contributed by atoms with van der Waals surface area (Å²) in [6.07, 6.45) is 76.2. The monoisotopic (exact) mass is 941 g/mol.